The molecule has 0 aliphatic heterocycles. The standard InChI is InChI=1S/C12H21NO4S/c1-12(2,3)6-8-18(15,16)13-9-10(14)11-5-4-7-17-11/h4-5,7,10,13-14H,6,8-9H2,1-3H3. The van der Waals surface area contributed by atoms with E-state index in [-0.39, 0.29) is 17.7 Å². The maximum atomic E-state index is 11.7. The van der Waals surface area contributed by atoms with Gasteiger partial charge in [0.05, 0.1) is 12.0 Å². The molecule has 0 saturated heterocycles. The van der Waals surface area contributed by atoms with E-state index >= 15 is 0 Å². The Morgan fingerprint density at radius 2 is 2.11 bits per heavy atom. The van der Waals surface area contributed by atoms with Gasteiger partial charge < -0.3 is 9.52 Å². The molecule has 0 aliphatic carbocycles. The molecule has 0 spiro atoms. The molecule has 5 nitrogen and oxygen atoms in total. The Morgan fingerprint density at radius 1 is 1.44 bits per heavy atom. The van der Waals surface area contributed by atoms with Crippen LogP contribution in [0.3, 0.4) is 0 Å². The van der Waals surface area contributed by atoms with Crippen molar-refractivity contribution in [2.24, 2.45) is 5.41 Å². The van der Waals surface area contributed by atoms with Gasteiger partial charge in [0.2, 0.25) is 10.0 Å². The minimum absolute atomic E-state index is 0.0334. The van der Waals surface area contributed by atoms with E-state index < -0.39 is 16.1 Å². The zero-order valence-corrected chi connectivity index (χ0v) is 11.8. The second kappa shape index (κ2) is 5.86. The van der Waals surface area contributed by atoms with Gasteiger partial charge in [-0.05, 0) is 24.0 Å². The van der Waals surface area contributed by atoms with Crippen molar-refractivity contribution in [2.45, 2.75) is 33.3 Å². The molecule has 1 aromatic heterocycles. The minimum atomic E-state index is -3.35. The molecule has 104 valence electrons. The lowest BCUT2D eigenvalue weighted by Gasteiger charge is -2.18. The molecule has 1 heterocycles. The number of aliphatic hydroxyl groups is 1. The highest BCUT2D eigenvalue weighted by molar-refractivity contribution is 7.89. The van der Waals surface area contributed by atoms with Crippen LogP contribution in [0.15, 0.2) is 22.8 Å². The van der Waals surface area contributed by atoms with Gasteiger partial charge >= 0.3 is 0 Å². The smallest absolute Gasteiger partial charge is 0.211 e. The first kappa shape index (κ1) is 15.2. The van der Waals surface area contributed by atoms with Crippen LogP contribution >= 0.6 is 0 Å². The van der Waals surface area contributed by atoms with E-state index in [1.807, 2.05) is 20.8 Å². The highest BCUT2D eigenvalue weighted by Gasteiger charge is 2.19. The normalized spacial score (nSPS) is 14.7. The monoisotopic (exact) mass is 275 g/mol. The number of furan rings is 1. The number of aliphatic hydroxyl groups excluding tert-OH is 1. The van der Waals surface area contributed by atoms with Crippen molar-refractivity contribution in [3.8, 4) is 0 Å². The van der Waals surface area contributed by atoms with Crippen molar-refractivity contribution in [1.29, 1.82) is 0 Å². The lowest BCUT2D eigenvalue weighted by Crippen LogP contribution is -2.31. The predicted octanol–water partition coefficient (Wildman–Crippen LogP) is 1.67. The van der Waals surface area contributed by atoms with Crippen molar-refractivity contribution in [3.05, 3.63) is 24.2 Å². The first-order valence-electron chi connectivity index (χ1n) is 5.88. The maximum Gasteiger partial charge on any atom is 0.211 e. The van der Waals surface area contributed by atoms with E-state index in [9.17, 15) is 13.5 Å². The topological polar surface area (TPSA) is 79.5 Å². The highest BCUT2D eigenvalue weighted by atomic mass is 32.2. The van der Waals surface area contributed by atoms with E-state index in [1.54, 1.807) is 12.1 Å². The maximum absolute atomic E-state index is 11.7. The third-order valence-electron chi connectivity index (χ3n) is 2.49. The third-order valence-corrected chi connectivity index (χ3v) is 3.84. The van der Waals surface area contributed by atoms with E-state index in [0.717, 1.165) is 0 Å². The molecule has 0 aliphatic rings. The Hall–Kier alpha value is -0.850. The molecular weight excluding hydrogens is 254 g/mol. The van der Waals surface area contributed by atoms with Crippen molar-refractivity contribution >= 4 is 10.0 Å². The summed E-state index contributed by atoms with van der Waals surface area (Å²) >= 11 is 0. The molecule has 1 rings (SSSR count). The van der Waals surface area contributed by atoms with Gasteiger partial charge in [-0.15, -0.1) is 0 Å². The molecule has 0 bridgehead atoms. The van der Waals surface area contributed by atoms with Crippen molar-refractivity contribution in [2.75, 3.05) is 12.3 Å². The van der Waals surface area contributed by atoms with Crippen LogP contribution in [0.2, 0.25) is 0 Å². The van der Waals surface area contributed by atoms with Crippen LogP contribution in [0, 0.1) is 5.41 Å². The Morgan fingerprint density at radius 3 is 2.61 bits per heavy atom. The molecule has 6 heteroatoms. The summed E-state index contributed by atoms with van der Waals surface area (Å²) in [4.78, 5) is 0. The summed E-state index contributed by atoms with van der Waals surface area (Å²) in [5.74, 6) is 0.412. The van der Waals surface area contributed by atoms with Gasteiger partial charge in [-0.3, -0.25) is 0 Å². The van der Waals surface area contributed by atoms with Gasteiger partial charge in [0, 0.05) is 6.54 Å². The van der Waals surface area contributed by atoms with Gasteiger partial charge in [-0.2, -0.15) is 0 Å². The molecule has 2 N–H and O–H groups in total. The second-order valence-corrected chi connectivity index (χ2v) is 7.44. The van der Waals surface area contributed by atoms with Crippen LogP contribution in [-0.4, -0.2) is 25.8 Å². The summed E-state index contributed by atoms with van der Waals surface area (Å²) < 4.78 is 30.8. The summed E-state index contributed by atoms with van der Waals surface area (Å²) in [6.07, 6.45) is 1.05. The fourth-order valence-electron chi connectivity index (χ4n) is 1.30. The molecule has 1 atom stereocenters. The number of sulfonamides is 1. The third kappa shape index (κ3) is 5.66. The first-order valence-corrected chi connectivity index (χ1v) is 7.54. The van der Waals surface area contributed by atoms with Gasteiger partial charge in [0.1, 0.15) is 11.9 Å². The quantitative estimate of drug-likeness (QED) is 0.827. The number of rotatable bonds is 6. The average molecular weight is 275 g/mol. The van der Waals surface area contributed by atoms with Crippen LogP contribution in [0.5, 0.6) is 0 Å². The van der Waals surface area contributed by atoms with Crippen molar-refractivity contribution in [1.82, 2.24) is 4.72 Å². The van der Waals surface area contributed by atoms with Crippen LogP contribution in [0.4, 0.5) is 0 Å². The molecule has 0 aromatic carbocycles. The predicted molar refractivity (Wildman–Crippen MR) is 69.5 cm³/mol. The lowest BCUT2D eigenvalue weighted by atomic mass is 9.94. The fourth-order valence-corrected chi connectivity index (χ4v) is 2.74. The SMILES string of the molecule is CC(C)(C)CCS(=O)(=O)NCC(O)c1ccco1. The Bertz CT molecular complexity index is 445. The summed E-state index contributed by atoms with van der Waals surface area (Å²) in [6.45, 7) is 5.89. The molecule has 1 aromatic rings. The molecular formula is C12H21NO4S. The van der Waals surface area contributed by atoms with Crippen LogP contribution in [0.25, 0.3) is 0 Å². The summed E-state index contributed by atoms with van der Waals surface area (Å²) in [7, 11) is -3.35. The Labute approximate surface area is 108 Å². The zero-order chi connectivity index (χ0) is 13.8. The van der Waals surface area contributed by atoms with Crippen molar-refractivity contribution < 1.29 is 17.9 Å². The molecule has 0 saturated carbocycles. The molecule has 0 amide bonds. The van der Waals surface area contributed by atoms with Crippen LogP contribution in [0.1, 0.15) is 39.1 Å². The van der Waals surface area contributed by atoms with Crippen molar-refractivity contribution in [3.63, 3.8) is 0 Å². The molecule has 0 radical (unpaired) electrons. The minimum Gasteiger partial charge on any atom is -0.467 e. The van der Waals surface area contributed by atoms with Gasteiger partial charge in [-0.25, -0.2) is 13.1 Å². The number of nitrogens with one attached hydrogen (secondary N) is 1. The fraction of sp³-hybridized carbons (Fsp3) is 0.667. The van der Waals surface area contributed by atoms with E-state index in [2.05, 4.69) is 4.72 Å². The summed E-state index contributed by atoms with van der Waals surface area (Å²) in [6, 6.07) is 3.25. The van der Waals surface area contributed by atoms with E-state index in [1.165, 1.54) is 6.26 Å². The summed E-state index contributed by atoms with van der Waals surface area (Å²) in [5.41, 5.74) is -0.0334. The largest absolute Gasteiger partial charge is 0.467 e. The number of hydrogen-bond donors (Lipinski definition) is 2. The van der Waals surface area contributed by atoms with E-state index in [0.29, 0.717) is 12.2 Å². The zero-order valence-electron chi connectivity index (χ0n) is 11.0. The van der Waals surface area contributed by atoms with Crippen LogP contribution in [-0.2, 0) is 10.0 Å². The highest BCUT2D eigenvalue weighted by Crippen LogP contribution is 2.19. The molecule has 18 heavy (non-hydrogen) atoms. The van der Waals surface area contributed by atoms with Gasteiger partial charge in [-0.1, -0.05) is 20.8 Å². The van der Waals surface area contributed by atoms with Crippen LogP contribution < -0.4 is 4.72 Å². The molecule has 0 fully saturated rings. The molecule has 1 unspecified atom stereocenters. The average Bonchev–Trinajstić information content (AvgIpc) is 2.76. The van der Waals surface area contributed by atoms with Gasteiger partial charge in [0.15, 0.2) is 0 Å². The van der Waals surface area contributed by atoms with E-state index in [4.69, 9.17) is 4.42 Å². The Kier molecular flexibility index (Phi) is 4.95. The van der Waals surface area contributed by atoms with Gasteiger partial charge in [0.25, 0.3) is 0 Å². The second-order valence-electron chi connectivity index (χ2n) is 5.51. The lowest BCUT2D eigenvalue weighted by molar-refractivity contribution is 0.154. The first-order chi connectivity index (χ1) is 8.20. The number of hydrogen-bond acceptors (Lipinski definition) is 4. The summed E-state index contributed by atoms with van der Waals surface area (Å²) in [5, 5.41) is 9.68. The Balaban J connectivity index is 2.42.